The smallest absolute Gasteiger partial charge is 0.0912 e. The molecule has 1 atom stereocenters. The zero-order valence-corrected chi connectivity index (χ0v) is 12.5. The molecule has 1 aromatic carbocycles. The first kappa shape index (κ1) is 16.4. The van der Waals surface area contributed by atoms with Gasteiger partial charge in [-0.2, -0.15) is 5.26 Å². The molecule has 3 heteroatoms. The highest BCUT2D eigenvalue weighted by Crippen LogP contribution is 2.20. The summed E-state index contributed by atoms with van der Waals surface area (Å²) in [4.78, 5) is 0. The molecule has 0 aromatic heterocycles. The fourth-order valence-corrected chi connectivity index (χ4v) is 1.89. The first-order valence-corrected chi connectivity index (χ1v) is 6.86. The number of aliphatic hydroxyl groups is 1. The van der Waals surface area contributed by atoms with Crippen molar-refractivity contribution in [2.45, 2.75) is 51.9 Å². The van der Waals surface area contributed by atoms with Crippen LogP contribution in [0.25, 0.3) is 0 Å². The molecule has 0 heterocycles. The standard InChI is InChI=1S/C17H23NO2/c1-14(10-12-18)16(9-11-17(2,3)19)20-13-15-7-5-4-6-8-15/h4-8,10,16,19H,9,11,13H2,1-3H3/b14-10+/t16-/m0/s1. The van der Waals surface area contributed by atoms with Crippen molar-refractivity contribution in [2.24, 2.45) is 0 Å². The highest BCUT2D eigenvalue weighted by molar-refractivity contribution is 5.17. The Morgan fingerprint density at radius 3 is 2.60 bits per heavy atom. The Hall–Kier alpha value is -1.63. The Kier molecular flexibility index (Phi) is 6.44. The molecule has 0 aliphatic rings. The molecule has 1 aromatic rings. The van der Waals surface area contributed by atoms with Crippen molar-refractivity contribution in [3.8, 4) is 6.07 Å². The summed E-state index contributed by atoms with van der Waals surface area (Å²) in [6.07, 6.45) is 2.70. The maximum Gasteiger partial charge on any atom is 0.0912 e. The van der Waals surface area contributed by atoms with Crippen LogP contribution in [0.4, 0.5) is 0 Å². The largest absolute Gasteiger partial charge is 0.390 e. The number of rotatable bonds is 7. The van der Waals surface area contributed by atoms with Crippen LogP contribution in [-0.2, 0) is 11.3 Å². The van der Waals surface area contributed by atoms with E-state index < -0.39 is 5.60 Å². The van der Waals surface area contributed by atoms with Crippen LogP contribution in [0.1, 0.15) is 39.2 Å². The maximum absolute atomic E-state index is 9.82. The molecule has 1 N–H and O–H groups in total. The summed E-state index contributed by atoms with van der Waals surface area (Å²) in [5, 5.41) is 18.6. The van der Waals surface area contributed by atoms with E-state index in [4.69, 9.17) is 10.00 Å². The Morgan fingerprint density at radius 2 is 2.05 bits per heavy atom. The average molecular weight is 273 g/mol. The molecule has 0 amide bonds. The minimum Gasteiger partial charge on any atom is -0.390 e. The van der Waals surface area contributed by atoms with Crippen LogP contribution in [0.5, 0.6) is 0 Å². The molecule has 0 spiro atoms. The molecule has 0 fully saturated rings. The molecule has 0 bridgehead atoms. The van der Waals surface area contributed by atoms with Gasteiger partial charge in [0.1, 0.15) is 0 Å². The van der Waals surface area contributed by atoms with Gasteiger partial charge in [0.25, 0.3) is 0 Å². The highest BCUT2D eigenvalue weighted by Gasteiger charge is 2.18. The first-order chi connectivity index (χ1) is 9.42. The number of nitrogens with zero attached hydrogens (tertiary/aromatic N) is 1. The number of hydrogen-bond acceptors (Lipinski definition) is 3. The molecule has 108 valence electrons. The molecule has 0 unspecified atom stereocenters. The van der Waals surface area contributed by atoms with Crippen molar-refractivity contribution in [1.82, 2.24) is 0 Å². The minimum atomic E-state index is -0.721. The van der Waals surface area contributed by atoms with Crippen LogP contribution in [0, 0.1) is 11.3 Å². The second kappa shape index (κ2) is 7.84. The molecule has 3 nitrogen and oxygen atoms in total. The summed E-state index contributed by atoms with van der Waals surface area (Å²) in [5.41, 5.74) is 1.28. The monoisotopic (exact) mass is 273 g/mol. The molecular weight excluding hydrogens is 250 g/mol. The maximum atomic E-state index is 9.82. The number of nitriles is 1. The summed E-state index contributed by atoms with van der Waals surface area (Å²) >= 11 is 0. The van der Waals surface area contributed by atoms with Crippen molar-refractivity contribution in [3.63, 3.8) is 0 Å². The van der Waals surface area contributed by atoms with E-state index in [1.54, 1.807) is 13.8 Å². The average Bonchev–Trinajstić information content (AvgIpc) is 2.39. The van der Waals surface area contributed by atoms with E-state index in [0.717, 1.165) is 11.1 Å². The number of benzene rings is 1. The van der Waals surface area contributed by atoms with Crippen LogP contribution in [0.15, 0.2) is 42.0 Å². The molecule has 0 radical (unpaired) electrons. The molecule has 0 aliphatic carbocycles. The summed E-state index contributed by atoms with van der Waals surface area (Å²) in [5.74, 6) is 0. The fourth-order valence-electron chi connectivity index (χ4n) is 1.89. The highest BCUT2D eigenvalue weighted by atomic mass is 16.5. The van der Waals surface area contributed by atoms with Crippen LogP contribution in [0.3, 0.4) is 0 Å². The SMILES string of the molecule is C/C(=C\C#N)[C@H](CCC(C)(C)O)OCc1ccccc1. The van der Waals surface area contributed by atoms with Crippen LogP contribution >= 0.6 is 0 Å². The van der Waals surface area contributed by atoms with E-state index in [9.17, 15) is 5.11 Å². The lowest BCUT2D eigenvalue weighted by molar-refractivity contribution is 0.0220. The van der Waals surface area contributed by atoms with Crippen LogP contribution in [-0.4, -0.2) is 16.8 Å². The van der Waals surface area contributed by atoms with Crippen molar-refractivity contribution < 1.29 is 9.84 Å². The van der Waals surface area contributed by atoms with Gasteiger partial charge in [-0.05, 0) is 44.7 Å². The van der Waals surface area contributed by atoms with Gasteiger partial charge in [-0.15, -0.1) is 0 Å². The van der Waals surface area contributed by atoms with Gasteiger partial charge in [0, 0.05) is 6.08 Å². The van der Waals surface area contributed by atoms with E-state index in [1.807, 2.05) is 43.3 Å². The Labute approximate surface area is 121 Å². The molecular formula is C17H23NO2. The van der Waals surface area contributed by atoms with Crippen molar-refractivity contribution in [3.05, 3.63) is 47.5 Å². The van der Waals surface area contributed by atoms with Crippen molar-refractivity contribution in [2.75, 3.05) is 0 Å². The summed E-state index contributed by atoms with van der Waals surface area (Å²) in [7, 11) is 0. The summed E-state index contributed by atoms with van der Waals surface area (Å²) in [6, 6.07) is 12.0. The van der Waals surface area contributed by atoms with Crippen LogP contribution < -0.4 is 0 Å². The Morgan fingerprint density at radius 1 is 1.40 bits per heavy atom. The lowest BCUT2D eigenvalue weighted by Gasteiger charge is -2.23. The van der Waals surface area contributed by atoms with Gasteiger partial charge >= 0.3 is 0 Å². The second-order valence-electron chi connectivity index (χ2n) is 5.65. The summed E-state index contributed by atoms with van der Waals surface area (Å²) in [6.45, 7) is 5.96. The normalized spacial score (nSPS) is 13.8. The van der Waals surface area contributed by atoms with E-state index in [0.29, 0.717) is 19.4 Å². The predicted molar refractivity (Wildman–Crippen MR) is 79.9 cm³/mol. The van der Waals surface area contributed by atoms with Gasteiger partial charge in [0.15, 0.2) is 0 Å². The predicted octanol–water partition coefficient (Wildman–Crippen LogP) is 3.59. The van der Waals surface area contributed by atoms with Crippen molar-refractivity contribution in [1.29, 1.82) is 5.26 Å². The zero-order chi connectivity index (χ0) is 15.0. The first-order valence-electron chi connectivity index (χ1n) is 6.86. The van der Waals surface area contributed by atoms with Crippen LogP contribution in [0.2, 0.25) is 0 Å². The van der Waals surface area contributed by atoms with Gasteiger partial charge in [-0.25, -0.2) is 0 Å². The summed E-state index contributed by atoms with van der Waals surface area (Å²) < 4.78 is 5.91. The fraction of sp³-hybridized carbons (Fsp3) is 0.471. The zero-order valence-electron chi connectivity index (χ0n) is 12.5. The second-order valence-corrected chi connectivity index (χ2v) is 5.65. The quantitative estimate of drug-likeness (QED) is 0.772. The van der Waals surface area contributed by atoms with Gasteiger partial charge in [0.05, 0.1) is 24.4 Å². The number of allylic oxidation sites excluding steroid dienone is 1. The lowest BCUT2D eigenvalue weighted by atomic mass is 9.97. The number of hydrogen-bond donors (Lipinski definition) is 1. The van der Waals surface area contributed by atoms with Crippen molar-refractivity contribution >= 4 is 0 Å². The minimum absolute atomic E-state index is 0.138. The number of ether oxygens (including phenoxy) is 1. The lowest BCUT2D eigenvalue weighted by Crippen LogP contribution is -2.23. The van der Waals surface area contributed by atoms with E-state index >= 15 is 0 Å². The third-order valence-corrected chi connectivity index (χ3v) is 3.11. The topological polar surface area (TPSA) is 53.2 Å². The third-order valence-electron chi connectivity index (χ3n) is 3.11. The molecule has 0 aliphatic heterocycles. The molecule has 0 saturated heterocycles. The molecule has 20 heavy (non-hydrogen) atoms. The molecule has 1 rings (SSSR count). The van der Waals surface area contributed by atoms with E-state index in [2.05, 4.69) is 0 Å². The van der Waals surface area contributed by atoms with E-state index in [1.165, 1.54) is 6.08 Å². The van der Waals surface area contributed by atoms with Gasteiger partial charge in [0.2, 0.25) is 0 Å². The van der Waals surface area contributed by atoms with Gasteiger partial charge < -0.3 is 9.84 Å². The van der Waals surface area contributed by atoms with Gasteiger partial charge in [-0.1, -0.05) is 30.3 Å². The molecule has 0 saturated carbocycles. The third kappa shape index (κ3) is 6.51. The Balaban J connectivity index is 2.63. The van der Waals surface area contributed by atoms with Gasteiger partial charge in [-0.3, -0.25) is 0 Å². The van der Waals surface area contributed by atoms with E-state index in [-0.39, 0.29) is 6.10 Å². The Bertz CT molecular complexity index is 466.